The minimum absolute atomic E-state index is 0.196. The van der Waals surface area contributed by atoms with Crippen molar-refractivity contribution in [1.29, 1.82) is 0 Å². The maximum atomic E-state index is 14.1. The summed E-state index contributed by atoms with van der Waals surface area (Å²) in [5.41, 5.74) is 4.33. The normalized spacial score (nSPS) is 10.4. The first-order valence-corrected chi connectivity index (χ1v) is 8.01. The van der Waals surface area contributed by atoms with Crippen LogP contribution < -0.4 is 4.74 Å². The minimum Gasteiger partial charge on any atom is -0.494 e. The maximum absolute atomic E-state index is 14.1. The third-order valence-corrected chi connectivity index (χ3v) is 4.01. The van der Waals surface area contributed by atoms with Gasteiger partial charge in [-0.3, -0.25) is 0 Å². The monoisotopic (exact) mass is 347 g/mol. The fourth-order valence-corrected chi connectivity index (χ4v) is 2.61. The Kier molecular flexibility index (Phi) is 4.89. The number of halogens is 1. The van der Waals surface area contributed by atoms with Crippen LogP contribution in [0.5, 0.6) is 5.75 Å². The van der Waals surface area contributed by atoms with E-state index in [1.807, 2.05) is 19.1 Å². The van der Waals surface area contributed by atoms with E-state index in [1.54, 1.807) is 30.5 Å². The first-order chi connectivity index (χ1) is 12.6. The number of ether oxygens (including phenoxy) is 1. The second-order valence-electron chi connectivity index (χ2n) is 5.65. The van der Waals surface area contributed by atoms with Gasteiger partial charge in [0, 0.05) is 17.3 Å². The Labute approximate surface area is 151 Å². The second kappa shape index (κ2) is 7.27. The van der Waals surface area contributed by atoms with Crippen molar-refractivity contribution in [2.24, 2.45) is 0 Å². The number of aromatic nitrogens is 3. The SMILES string of the molecule is C=Cc1cnc(-c2ccc(C)c(-c3ccc(OC)c(F)c3)n2)nc1C=C. The van der Waals surface area contributed by atoms with Crippen LogP contribution in [0.1, 0.15) is 16.8 Å². The van der Waals surface area contributed by atoms with E-state index in [4.69, 9.17) is 4.74 Å². The molecule has 0 fully saturated rings. The quantitative estimate of drug-likeness (QED) is 0.655. The summed E-state index contributed by atoms with van der Waals surface area (Å²) in [6.45, 7) is 9.43. The summed E-state index contributed by atoms with van der Waals surface area (Å²) in [7, 11) is 1.43. The molecule has 3 aromatic rings. The van der Waals surface area contributed by atoms with Crippen molar-refractivity contribution in [3.8, 4) is 28.5 Å². The Bertz CT molecular complexity index is 999. The molecule has 0 N–H and O–H groups in total. The molecule has 0 amide bonds. The molecular formula is C21H18FN3O. The molecule has 0 saturated heterocycles. The standard InChI is InChI=1S/C21H18FN3O/c1-5-14-12-23-21(25-17(14)6-2)18-9-7-13(3)20(24-18)15-8-10-19(26-4)16(22)11-15/h5-12H,1-2H2,3-4H3. The average Bonchev–Trinajstić information content (AvgIpc) is 2.67. The Balaban J connectivity index is 2.10. The lowest BCUT2D eigenvalue weighted by Gasteiger charge is -2.10. The van der Waals surface area contributed by atoms with Gasteiger partial charge >= 0.3 is 0 Å². The molecule has 2 heterocycles. The number of pyridine rings is 1. The summed E-state index contributed by atoms with van der Waals surface area (Å²) in [6.07, 6.45) is 5.01. The van der Waals surface area contributed by atoms with Crippen LogP contribution in [0.4, 0.5) is 4.39 Å². The first kappa shape index (κ1) is 17.5. The zero-order valence-corrected chi connectivity index (χ0v) is 14.7. The van der Waals surface area contributed by atoms with Crippen LogP contribution in [0.15, 0.2) is 49.7 Å². The zero-order chi connectivity index (χ0) is 18.7. The van der Waals surface area contributed by atoms with Gasteiger partial charge in [0.05, 0.1) is 18.5 Å². The van der Waals surface area contributed by atoms with E-state index in [-0.39, 0.29) is 5.75 Å². The smallest absolute Gasteiger partial charge is 0.178 e. The maximum Gasteiger partial charge on any atom is 0.178 e. The van der Waals surface area contributed by atoms with Crippen molar-refractivity contribution < 1.29 is 9.13 Å². The molecule has 0 bridgehead atoms. The largest absolute Gasteiger partial charge is 0.494 e. The molecule has 0 spiro atoms. The molecule has 3 rings (SSSR count). The highest BCUT2D eigenvalue weighted by Crippen LogP contribution is 2.28. The minimum atomic E-state index is -0.433. The Morgan fingerprint density at radius 2 is 1.88 bits per heavy atom. The number of benzene rings is 1. The van der Waals surface area contributed by atoms with Crippen LogP contribution in [-0.2, 0) is 0 Å². The lowest BCUT2D eigenvalue weighted by Crippen LogP contribution is -1.99. The molecule has 0 atom stereocenters. The molecule has 0 unspecified atom stereocenters. The summed E-state index contributed by atoms with van der Waals surface area (Å²) in [4.78, 5) is 13.5. The lowest BCUT2D eigenvalue weighted by molar-refractivity contribution is 0.386. The third-order valence-electron chi connectivity index (χ3n) is 4.01. The molecule has 4 nitrogen and oxygen atoms in total. The van der Waals surface area contributed by atoms with E-state index >= 15 is 0 Å². The van der Waals surface area contributed by atoms with Crippen molar-refractivity contribution in [1.82, 2.24) is 15.0 Å². The summed E-state index contributed by atoms with van der Waals surface area (Å²) < 4.78 is 19.0. The number of methoxy groups -OCH3 is 1. The molecule has 0 radical (unpaired) electrons. The molecular weight excluding hydrogens is 329 g/mol. The third kappa shape index (κ3) is 3.24. The van der Waals surface area contributed by atoms with Crippen molar-refractivity contribution in [2.45, 2.75) is 6.92 Å². The number of rotatable bonds is 5. The Morgan fingerprint density at radius 3 is 2.54 bits per heavy atom. The van der Waals surface area contributed by atoms with Gasteiger partial charge in [0.1, 0.15) is 5.69 Å². The van der Waals surface area contributed by atoms with Crippen LogP contribution in [0.3, 0.4) is 0 Å². The molecule has 130 valence electrons. The van der Waals surface area contributed by atoms with Gasteiger partial charge < -0.3 is 4.74 Å². The number of hydrogen-bond acceptors (Lipinski definition) is 4. The van der Waals surface area contributed by atoms with Crippen molar-refractivity contribution in [3.63, 3.8) is 0 Å². The van der Waals surface area contributed by atoms with Gasteiger partial charge in [-0.15, -0.1) is 0 Å². The second-order valence-corrected chi connectivity index (χ2v) is 5.65. The molecule has 0 saturated carbocycles. The van der Waals surface area contributed by atoms with Gasteiger partial charge in [-0.25, -0.2) is 19.3 Å². The molecule has 1 aromatic carbocycles. The fourth-order valence-electron chi connectivity index (χ4n) is 2.61. The Morgan fingerprint density at radius 1 is 1.08 bits per heavy atom. The van der Waals surface area contributed by atoms with E-state index in [0.717, 1.165) is 11.1 Å². The van der Waals surface area contributed by atoms with Gasteiger partial charge in [0.2, 0.25) is 0 Å². The van der Waals surface area contributed by atoms with Gasteiger partial charge in [0.25, 0.3) is 0 Å². The number of nitrogens with zero attached hydrogens (tertiary/aromatic N) is 3. The molecule has 26 heavy (non-hydrogen) atoms. The molecule has 0 aliphatic heterocycles. The highest BCUT2D eigenvalue weighted by atomic mass is 19.1. The summed E-state index contributed by atoms with van der Waals surface area (Å²) in [5, 5.41) is 0. The zero-order valence-electron chi connectivity index (χ0n) is 14.7. The average molecular weight is 347 g/mol. The number of hydrogen-bond donors (Lipinski definition) is 0. The van der Waals surface area contributed by atoms with E-state index in [1.165, 1.54) is 13.2 Å². The van der Waals surface area contributed by atoms with Crippen LogP contribution >= 0.6 is 0 Å². The summed E-state index contributed by atoms with van der Waals surface area (Å²) >= 11 is 0. The van der Waals surface area contributed by atoms with Gasteiger partial charge in [0.15, 0.2) is 17.4 Å². The predicted molar refractivity (Wildman–Crippen MR) is 102 cm³/mol. The fraction of sp³-hybridized carbons (Fsp3) is 0.0952. The molecule has 5 heteroatoms. The van der Waals surface area contributed by atoms with E-state index < -0.39 is 5.82 Å². The summed E-state index contributed by atoms with van der Waals surface area (Å²) in [5.74, 6) is 0.236. The Hall–Kier alpha value is -3.34. The van der Waals surface area contributed by atoms with Crippen molar-refractivity contribution in [2.75, 3.05) is 7.11 Å². The van der Waals surface area contributed by atoms with Crippen LogP contribution in [0, 0.1) is 12.7 Å². The van der Waals surface area contributed by atoms with Gasteiger partial charge in [-0.2, -0.15) is 0 Å². The van der Waals surface area contributed by atoms with Crippen LogP contribution in [0.2, 0.25) is 0 Å². The van der Waals surface area contributed by atoms with Crippen LogP contribution in [-0.4, -0.2) is 22.1 Å². The number of aryl methyl sites for hydroxylation is 1. The molecule has 2 aromatic heterocycles. The topological polar surface area (TPSA) is 47.9 Å². The highest BCUT2D eigenvalue weighted by molar-refractivity contribution is 5.68. The van der Waals surface area contributed by atoms with E-state index in [9.17, 15) is 4.39 Å². The lowest BCUT2D eigenvalue weighted by atomic mass is 10.1. The summed E-state index contributed by atoms with van der Waals surface area (Å²) in [6, 6.07) is 8.53. The highest BCUT2D eigenvalue weighted by Gasteiger charge is 2.12. The van der Waals surface area contributed by atoms with Crippen molar-refractivity contribution in [3.05, 3.63) is 72.3 Å². The molecule has 0 aliphatic carbocycles. The van der Waals surface area contributed by atoms with Gasteiger partial charge in [-0.1, -0.05) is 25.3 Å². The van der Waals surface area contributed by atoms with Crippen molar-refractivity contribution >= 4 is 12.2 Å². The van der Waals surface area contributed by atoms with E-state index in [0.29, 0.717) is 28.5 Å². The molecule has 0 aliphatic rings. The first-order valence-electron chi connectivity index (χ1n) is 8.01. The predicted octanol–water partition coefficient (Wildman–Crippen LogP) is 4.95. The van der Waals surface area contributed by atoms with Crippen LogP contribution in [0.25, 0.3) is 34.9 Å². The van der Waals surface area contributed by atoms with E-state index in [2.05, 4.69) is 28.1 Å². The van der Waals surface area contributed by atoms with Gasteiger partial charge in [-0.05, 0) is 42.8 Å².